The van der Waals surface area contributed by atoms with Gasteiger partial charge in [-0.2, -0.15) is 0 Å². The number of rotatable bonds is 27. The summed E-state index contributed by atoms with van der Waals surface area (Å²) in [6.07, 6.45) is -4.95. The number of amides is 16. The van der Waals surface area contributed by atoms with Gasteiger partial charge in [-0.1, -0.05) is 69.3 Å². The Morgan fingerprint density at radius 1 is 0.643 bits per heavy atom. The number of benzene rings is 3. The number of aliphatic hydroxyl groups is 1. The van der Waals surface area contributed by atoms with E-state index in [1.165, 1.54) is 72.5 Å². The number of nitrogens with two attached hydrogens (primary N) is 4. The number of urea groups is 1. The zero-order valence-corrected chi connectivity index (χ0v) is 70.4. The van der Waals surface area contributed by atoms with Crippen LogP contribution in [0.15, 0.2) is 85.2 Å². The second-order valence-electron chi connectivity index (χ2n) is 30.6. The topological polar surface area (TPSA) is 737 Å². The molecule has 126 heavy (non-hydrogen) atoms. The highest BCUT2D eigenvalue weighted by Crippen LogP contribution is 2.27. The number of aromatic amines is 1. The number of para-hydroxylation sites is 1. The number of aliphatic hydroxyl groups excluding tert-OH is 1. The van der Waals surface area contributed by atoms with Gasteiger partial charge in [-0.25, -0.2) is 9.59 Å². The summed E-state index contributed by atoms with van der Waals surface area (Å²) >= 11 is 0. The third-order valence-electron chi connectivity index (χ3n) is 20.8. The third-order valence-corrected chi connectivity index (χ3v) is 23.2. The van der Waals surface area contributed by atoms with Crippen LogP contribution in [0.3, 0.4) is 0 Å². The van der Waals surface area contributed by atoms with Crippen molar-refractivity contribution in [3.05, 3.63) is 108 Å². The van der Waals surface area contributed by atoms with Gasteiger partial charge in [-0.15, -0.1) is 5.10 Å². The molecule has 0 spiro atoms. The predicted octanol–water partition coefficient (Wildman–Crippen LogP) is -6.30. The Morgan fingerprint density at radius 3 is 1.85 bits per heavy atom. The molecule has 29 N–H and O–H groups in total. The average molecular weight is 1800 g/mol. The number of fused-ring (bicyclic) bond motifs is 12. The van der Waals surface area contributed by atoms with Crippen molar-refractivity contribution in [3.8, 4) is 11.5 Å². The Labute approximate surface area is 728 Å². The largest absolute Gasteiger partial charge is 0.508 e. The molecule has 2 fully saturated rings. The highest BCUT2D eigenvalue weighted by molar-refractivity contribution is 8.76. The van der Waals surface area contributed by atoms with Crippen molar-refractivity contribution in [1.29, 1.82) is 5.41 Å². The minimum atomic E-state index is -2.29. The molecule has 1 unspecified atom stereocenters. The number of phenolic OH excluding ortho intramolecular Hbond substituents is 2. The summed E-state index contributed by atoms with van der Waals surface area (Å²) in [6.45, 7) is 0.736. The van der Waals surface area contributed by atoms with Crippen molar-refractivity contribution >= 4 is 139 Å². The zero-order chi connectivity index (χ0) is 92.1. The quantitative estimate of drug-likeness (QED) is 0.0101. The van der Waals surface area contributed by atoms with Crippen LogP contribution in [0.4, 0.5) is 4.79 Å². The summed E-state index contributed by atoms with van der Waals surface area (Å²) in [4.78, 5) is 249. The average Bonchev–Trinajstić information content (AvgIpc) is 1.71. The molecular weight excluding hydrogens is 1690 g/mol. The highest BCUT2D eigenvalue weighted by atomic mass is 33.1. The van der Waals surface area contributed by atoms with E-state index in [4.69, 9.17) is 28.3 Å². The summed E-state index contributed by atoms with van der Waals surface area (Å²) < 4.78 is 1.19. The molecular formula is C78H106N24O22S2. The van der Waals surface area contributed by atoms with Crippen LogP contribution < -0.4 is 97.4 Å². The third kappa shape index (κ3) is 29.7. The van der Waals surface area contributed by atoms with Gasteiger partial charge in [-0.05, 0) is 119 Å². The van der Waals surface area contributed by atoms with Crippen LogP contribution in [0, 0.1) is 5.41 Å². The van der Waals surface area contributed by atoms with E-state index in [9.17, 15) is 73.5 Å². The van der Waals surface area contributed by atoms with E-state index in [-0.39, 0.29) is 88.3 Å². The molecule has 14 atom stereocenters. The van der Waals surface area contributed by atoms with Gasteiger partial charge in [0, 0.05) is 93.1 Å². The number of hydrogen-bond acceptors (Lipinski definition) is 26. The van der Waals surface area contributed by atoms with Gasteiger partial charge < -0.3 is 133 Å². The molecule has 48 heteroatoms. The number of carbonyl (C=O) groups is 17. The number of carboxylic acid groups (broad SMARTS) is 2. The number of phenols is 2. The Hall–Kier alpha value is -13.4. The lowest BCUT2D eigenvalue weighted by molar-refractivity contribution is -0.146. The molecule has 46 nitrogen and oxygen atoms in total. The van der Waals surface area contributed by atoms with E-state index in [1.807, 2.05) is 0 Å². The van der Waals surface area contributed by atoms with Crippen molar-refractivity contribution in [2.24, 2.45) is 22.9 Å². The van der Waals surface area contributed by atoms with E-state index in [2.05, 4.69) is 89.7 Å². The molecule has 16 amide bonds. The first-order chi connectivity index (χ1) is 59.9. The van der Waals surface area contributed by atoms with Crippen molar-refractivity contribution in [2.75, 3.05) is 37.7 Å². The number of aryl methyl sites for hydroxylation is 1. The van der Waals surface area contributed by atoms with E-state index in [0.29, 0.717) is 27.6 Å². The molecule has 3 aliphatic rings. The Balaban J connectivity index is 1.30. The molecule has 2 aromatic heterocycles. The first-order valence-corrected chi connectivity index (χ1v) is 42.8. The van der Waals surface area contributed by atoms with Crippen LogP contribution in [0.1, 0.15) is 107 Å². The number of aliphatic carboxylic acids is 2. The Bertz CT molecular complexity index is 4790. The number of carboxylic acids is 2. The van der Waals surface area contributed by atoms with Crippen LogP contribution in [-0.2, 0) is 109 Å². The monoisotopic (exact) mass is 1790 g/mol. The smallest absolute Gasteiger partial charge is 0.326 e. The van der Waals surface area contributed by atoms with Crippen molar-refractivity contribution in [2.45, 2.75) is 201 Å². The number of carbonyl (C=O) groups excluding carboxylic acids is 15. The van der Waals surface area contributed by atoms with Gasteiger partial charge in [0.05, 0.1) is 24.8 Å². The minimum absolute atomic E-state index is 0.0438. The van der Waals surface area contributed by atoms with Gasteiger partial charge >= 0.3 is 18.0 Å². The van der Waals surface area contributed by atoms with E-state index < -0.39 is 260 Å². The van der Waals surface area contributed by atoms with E-state index >= 15 is 33.6 Å². The predicted molar refractivity (Wildman–Crippen MR) is 451 cm³/mol. The summed E-state index contributed by atoms with van der Waals surface area (Å²) in [7, 11) is 1.59. The van der Waals surface area contributed by atoms with Gasteiger partial charge in [0.15, 0.2) is 5.96 Å². The molecule has 682 valence electrons. The van der Waals surface area contributed by atoms with Gasteiger partial charge in [-0.3, -0.25) is 82.0 Å². The fourth-order valence-electron chi connectivity index (χ4n) is 14.0. The first kappa shape index (κ1) is 98.1. The summed E-state index contributed by atoms with van der Waals surface area (Å²) in [6, 6.07) is -5.01. The summed E-state index contributed by atoms with van der Waals surface area (Å²) in [5, 5.41) is 104. The van der Waals surface area contributed by atoms with Crippen molar-refractivity contribution in [1.82, 2.24) is 99.3 Å². The number of primary amides is 2. The van der Waals surface area contributed by atoms with Crippen LogP contribution in [0.2, 0.25) is 0 Å². The molecule has 0 saturated carbocycles. The molecule has 4 bridgehead atoms. The van der Waals surface area contributed by atoms with Gasteiger partial charge in [0.1, 0.15) is 89.5 Å². The van der Waals surface area contributed by atoms with Crippen LogP contribution in [0.25, 0.3) is 10.9 Å². The molecule has 8 rings (SSSR count). The zero-order valence-electron chi connectivity index (χ0n) is 68.7. The van der Waals surface area contributed by atoms with Gasteiger partial charge in [0.25, 0.3) is 0 Å². The number of H-pyrrole nitrogens is 1. The standard InChI is InChI=1S/C78H106N24O22S2/c1-39(103)62-72(119)93-54(33-61(108)109)73(120)102-28-7-13-58(102)71(118)90-49(11-5-25-84-76(81)82)64(111)95-57-38-126-125-37-56(87-60(107)34-79)68(115)92-53(67(114)97-62)32-43-36-101(100-99-43)27-8-24-78(2,75(123)96-51(29-40-14-18-44(104)19-15-40)65(112)94-55(74(121)122)30-41-16-20-45(105)21-17-41)98-70(117)50(22-23-59(80)106)89-66(113)52(31-42-35-86-47-10-4-3-9-46(42)47)91-63(110)48(88-69(57)116)12-6-26-85-77(83)124/h3-4,9-10,14-21,35-36,39,48-58,62,86,103-105H,5-8,11-13,22-34,37-38,79H2,1-2H3,(H2,80,106)(H,87,107)(H,88,116)(H,89,113)(H,90,118)(H,91,110)(H,92,115)(H,93,119)(H,94,112)(H,95,111)(H,96,123)(H,97,114)(H,98,117)(H,108,109)(H,121,122)(H4,81,82,84)(H3,83,85,124)/t39-,48+,49+,50+,51+,52+,53+,54+,55-,56+,57+,58+,62+,78?/m1/s1. The summed E-state index contributed by atoms with van der Waals surface area (Å²) in [5.74, 6) is -20.8. The molecule has 3 aliphatic heterocycles. The molecule has 2 saturated heterocycles. The first-order valence-electron chi connectivity index (χ1n) is 40.3. The molecule has 0 radical (unpaired) electrons. The lowest BCUT2D eigenvalue weighted by atomic mass is 9.92. The maximum Gasteiger partial charge on any atom is 0.326 e. The maximum atomic E-state index is 15.6. The van der Waals surface area contributed by atoms with Crippen molar-refractivity contribution in [3.63, 3.8) is 0 Å². The number of nitrogens with one attached hydrogen (secondary N) is 16. The van der Waals surface area contributed by atoms with Crippen LogP contribution >= 0.6 is 21.6 Å². The van der Waals surface area contributed by atoms with E-state index in [1.54, 1.807) is 24.3 Å². The number of guanidine groups is 1. The Kier molecular flexibility index (Phi) is 36.5. The molecule has 0 aliphatic carbocycles. The molecule has 5 heterocycles. The van der Waals surface area contributed by atoms with Crippen LogP contribution in [-0.4, -0.2) is 279 Å². The Morgan fingerprint density at radius 2 is 1.22 bits per heavy atom. The number of aromatic nitrogens is 4. The maximum absolute atomic E-state index is 15.6. The second-order valence-corrected chi connectivity index (χ2v) is 33.1. The summed E-state index contributed by atoms with van der Waals surface area (Å²) in [5.41, 5.74) is 21.7. The van der Waals surface area contributed by atoms with Crippen LogP contribution in [0.5, 0.6) is 11.5 Å². The SMILES string of the molecule is C[C@@H](O)[C@@H]1NC(=O)[C@@H]2Cc3cn(nn3)CCCC(C)(C(=O)N[C@@H](Cc3ccc(O)cc3)C(=O)N[C@H](Cc3ccc(O)cc3)C(=O)O)NC(=O)[C@H](CCC(N)=O)NC(=O)[C@H](Cc3c[nH]c4ccccc34)NC(=O)[C@H](CCCNC(N)=O)NC(=O)[C@H](CSSC[C@H](NC(=O)CN)C(=O)N2)NC(=O)[C@H](CCCNC(=N)N)NC(=O)[C@@H]2CCCN2C(=O)[C@H](CC(=O)O)NC1=O. The second kappa shape index (κ2) is 46.9. The highest BCUT2D eigenvalue weighted by Gasteiger charge is 2.45. The van der Waals surface area contributed by atoms with Crippen molar-refractivity contribution < 1.29 is 107 Å². The lowest BCUT2D eigenvalue weighted by Gasteiger charge is -2.34. The fourth-order valence-corrected chi connectivity index (χ4v) is 16.4. The molecule has 5 aromatic rings. The lowest BCUT2D eigenvalue weighted by Crippen LogP contribution is -2.64. The molecule has 3 aromatic carbocycles. The fraction of sp³-hybridized carbons (Fsp3) is 0.487. The number of aromatic hydroxyl groups is 2. The minimum Gasteiger partial charge on any atom is -0.508 e. The number of hydrogen-bond donors (Lipinski definition) is 25. The van der Waals surface area contributed by atoms with Gasteiger partial charge in [0.2, 0.25) is 82.7 Å². The normalized spacial score (nSPS) is 23.3. The number of nitrogens with zero attached hydrogens (tertiary/aromatic N) is 4. The van der Waals surface area contributed by atoms with E-state index in [0.717, 1.165) is 33.4 Å².